The predicted molar refractivity (Wildman–Crippen MR) is 74.2 cm³/mol. The van der Waals surface area contributed by atoms with E-state index in [0.717, 1.165) is 29.9 Å². The predicted octanol–water partition coefficient (Wildman–Crippen LogP) is 2.97. The summed E-state index contributed by atoms with van der Waals surface area (Å²) < 4.78 is 14.8. The molecular weight excluding hydrogens is 241 g/mol. The van der Waals surface area contributed by atoms with Crippen molar-refractivity contribution in [1.29, 1.82) is 0 Å². The zero-order valence-electron chi connectivity index (χ0n) is 11.7. The first-order valence-electron chi connectivity index (χ1n) is 6.60. The molecule has 0 aliphatic heterocycles. The first-order valence-corrected chi connectivity index (χ1v) is 6.60. The topological polar surface area (TPSA) is 29.9 Å². The zero-order valence-corrected chi connectivity index (χ0v) is 11.7. The van der Waals surface area contributed by atoms with Gasteiger partial charge in [-0.25, -0.2) is 4.39 Å². The number of nitrogens with one attached hydrogen (secondary N) is 1. The fraction of sp³-hybridized carbons (Fsp3) is 0.400. The van der Waals surface area contributed by atoms with Crippen molar-refractivity contribution < 1.29 is 4.39 Å². The molecule has 19 heavy (non-hydrogen) atoms. The van der Waals surface area contributed by atoms with Crippen LogP contribution in [0.3, 0.4) is 0 Å². The largest absolute Gasteiger partial charge is 0.305 e. The number of aromatic nitrogens is 2. The summed E-state index contributed by atoms with van der Waals surface area (Å²) in [5.74, 6) is -0.199. The van der Waals surface area contributed by atoms with Gasteiger partial charge in [-0.15, -0.1) is 0 Å². The van der Waals surface area contributed by atoms with Crippen molar-refractivity contribution in [1.82, 2.24) is 15.1 Å². The van der Waals surface area contributed by atoms with E-state index in [-0.39, 0.29) is 11.9 Å². The Morgan fingerprint density at radius 1 is 1.32 bits per heavy atom. The number of aryl methyl sites for hydroxylation is 2. The molecule has 0 saturated carbocycles. The Balaban J connectivity index is 1.97. The van der Waals surface area contributed by atoms with E-state index in [1.807, 2.05) is 23.9 Å². The minimum absolute atomic E-state index is 0.181. The van der Waals surface area contributed by atoms with E-state index in [4.69, 9.17) is 0 Å². The molecule has 1 heterocycles. The summed E-state index contributed by atoms with van der Waals surface area (Å²) in [5, 5.41) is 7.85. The van der Waals surface area contributed by atoms with Crippen LogP contribution in [0.4, 0.5) is 4.39 Å². The highest BCUT2D eigenvalue weighted by Crippen LogP contribution is 2.14. The second-order valence-electron chi connectivity index (χ2n) is 4.76. The summed E-state index contributed by atoms with van der Waals surface area (Å²) in [4.78, 5) is 0. The average Bonchev–Trinajstić information content (AvgIpc) is 2.77. The summed E-state index contributed by atoms with van der Waals surface area (Å²) in [6.45, 7) is 4.92. The first-order chi connectivity index (χ1) is 9.10. The lowest BCUT2D eigenvalue weighted by molar-refractivity contribution is 0.546. The van der Waals surface area contributed by atoms with Crippen LogP contribution in [0.25, 0.3) is 0 Å². The van der Waals surface area contributed by atoms with E-state index in [2.05, 4.69) is 30.3 Å². The molecule has 0 aliphatic carbocycles. The summed E-state index contributed by atoms with van der Waals surface area (Å²) in [7, 11) is 1.96. The van der Waals surface area contributed by atoms with Crippen molar-refractivity contribution in [2.24, 2.45) is 7.05 Å². The molecule has 0 bridgehead atoms. The summed E-state index contributed by atoms with van der Waals surface area (Å²) in [6, 6.07) is 8.91. The molecule has 0 aliphatic rings. The molecule has 102 valence electrons. The number of halogens is 1. The van der Waals surface area contributed by atoms with Gasteiger partial charge in [0.05, 0.1) is 11.4 Å². The molecule has 0 unspecified atom stereocenters. The Morgan fingerprint density at radius 3 is 2.58 bits per heavy atom. The van der Waals surface area contributed by atoms with E-state index in [9.17, 15) is 4.39 Å². The molecule has 0 radical (unpaired) electrons. The van der Waals surface area contributed by atoms with Gasteiger partial charge in [0.25, 0.3) is 0 Å². The smallest absolute Gasteiger partial charge is 0.123 e. The number of rotatable bonds is 5. The Bertz CT molecular complexity index is 531. The molecule has 2 rings (SSSR count). The molecule has 1 aromatic carbocycles. The van der Waals surface area contributed by atoms with E-state index < -0.39 is 0 Å². The fourth-order valence-electron chi connectivity index (χ4n) is 2.04. The Kier molecular flexibility index (Phi) is 4.32. The maximum atomic E-state index is 12.9. The van der Waals surface area contributed by atoms with Crippen molar-refractivity contribution in [3.8, 4) is 0 Å². The van der Waals surface area contributed by atoms with Gasteiger partial charge in [-0.1, -0.05) is 19.1 Å². The lowest BCUT2D eigenvalue weighted by Crippen LogP contribution is -2.19. The van der Waals surface area contributed by atoms with Gasteiger partial charge in [-0.2, -0.15) is 5.10 Å². The number of hydrogen-bond donors (Lipinski definition) is 1. The molecule has 2 aromatic rings. The van der Waals surface area contributed by atoms with Crippen LogP contribution >= 0.6 is 0 Å². The van der Waals surface area contributed by atoms with Gasteiger partial charge in [0, 0.05) is 19.6 Å². The van der Waals surface area contributed by atoms with Gasteiger partial charge in [0.15, 0.2) is 0 Å². The number of benzene rings is 1. The molecule has 1 aromatic heterocycles. The standard InChI is InChI=1S/C15H20FN3/c1-4-14-9-15(19(3)18-14)10-17-11(2)12-5-7-13(16)8-6-12/h5-9,11,17H,4,10H2,1-3H3/t11-/m1/s1. The molecular formula is C15H20FN3. The van der Waals surface area contributed by atoms with Crippen LogP contribution in [0.2, 0.25) is 0 Å². The minimum atomic E-state index is -0.199. The summed E-state index contributed by atoms with van der Waals surface area (Å²) >= 11 is 0. The van der Waals surface area contributed by atoms with Crippen molar-refractivity contribution in [2.45, 2.75) is 32.9 Å². The van der Waals surface area contributed by atoms with E-state index >= 15 is 0 Å². The zero-order chi connectivity index (χ0) is 13.8. The molecule has 4 heteroatoms. The van der Waals surface area contributed by atoms with E-state index in [1.54, 1.807) is 0 Å². The van der Waals surface area contributed by atoms with E-state index in [1.165, 1.54) is 12.1 Å². The third kappa shape index (κ3) is 3.41. The van der Waals surface area contributed by atoms with Gasteiger partial charge in [0.2, 0.25) is 0 Å². The van der Waals surface area contributed by atoms with Crippen LogP contribution in [0.1, 0.15) is 36.8 Å². The Hall–Kier alpha value is -1.68. The van der Waals surface area contributed by atoms with Crippen LogP contribution in [0, 0.1) is 5.82 Å². The molecule has 0 amide bonds. The normalized spacial score (nSPS) is 12.6. The maximum absolute atomic E-state index is 12.9. The highest BCUT2D eigenvalue weighted by Gasteiger charge is 2.08. The van der Waals surface area contributed by atoms with Gasteiger partial charge in [0.1, 0.15) is 5.82 Å². The van der Waals surface area contributed by atoms with Crippen molar-refractivity contribution in [3.05, 3.63) is 53.1 Å². The third-order valence-corrected chi connectivity index (χ3v) is 3.35. The van der Waals surface area contributed by atoms with Crippen LogP contribution in [0.5, 0.6) is 0 Å². The lowest BCUT2D eigenvalue weighted by Gasteiger charge is -2.14. The second-order valence-corrected chi connectivity index (χ2v) is 4.76. The first kappa shape index (κ1) is 13.7. The number of hydrogen-bond acceptors (Lipinski definition) is 2. The third-order valence-electron chi connectivity index (χ3n) is 3.35. The highest BCUT2D eigenvalue weighted by molar-refractivity contribution is 5.19. The molecule has 1 atom stereocenters. The second kappa shape index (κ2) is 5.97. The van der Waals surface area contributed by atoms with Crippen LogP contribution in [-0.2, 0) is 20.0 Å². The van der Waals surface area contributed by atoms with Gasteiger partial charge in [-0.3, -0.25) is 4.68 Å². The maximum Gasteiger partial charge on any atom is 0.123 e. The molecule has 0 saturated heterocycles. The average molecular weight is 261 g/mol. The Labute approximate surface area is 113 Å². The molecule has 1 N–H and O–H groups in total. The highest BCUT2D eigenvalue weighted by atomic mass is 19.1. The van der Waals surface area contributed by atoms with Crippen LogP contribution < -0.4 is 5.32 Å². The van der Waals surface area contributed by atoms with Gasteiger partial charge < -0.3 is 5.32 Å². The Morgan fingerprint density at radius 2 is 2.00 bits per heavy atom. The van der Waals surface area contributed by atoms with Gasteiger partial charge in [-0.05, 0) is 37.1 Å². The lowest BCUT2D eigenvalue weighted by atomic mass is 10.1. The SMILES string of the molecule is CCc1cc(CN[C@H](C)c2ccc(F)cc2)n(C)n1. The quantitative estimate of drug-likeness (QED) is 0.896. The van der Waals surface area contributed by atoms with Crippen molar-refractivity contribution in [2.75, 3.05) is 0 Å². The molecule has 3 nitrogen and oxygen atoms in total. The van der Waals surface area contributed by atoms with Crippen LogP contribution in [0.15, 0.2) is 30.3 Å². The summed E-state index contributed by atoms with van der Waals surface area (Å²) in [5.41, 5.74) is 3.35. The molecule has 0 fully saturated rings. The summed E-state index contributed by atoms with van der Waals surface area (Å²) in [6.07, 6.45) is 0.946. The minimum Gasteiger partial charge on any atom is -0.305 e. The van der Waals surface area contributed by atoms with Crippen molar-refractivity contribution >= 4 is 0 Å². The van der Waals surface area contributed by atoms with Crippen molar-refractivity contribution in [3.63, 3.8) is 0 Å². The van der Waals surface area contributed by atoms with Crippen LogP contribution in [-0.4, -0.2) is 9.78 Å². The van der Waals surface area contributed by atoms with Gasteiger partial charge >= 0.3 is 0 Å². The number of nitrogens with zero attached hydrogens (tertiary/aromatic N) is 2. The molecule has 0 spiro atoms. The monoisotopic (exact) mass is 261 g/mol. The van der Waals surface area contributed by atoms with E-state index in [0.29, 0.717) is 0 Å². The fourth-order valence-corrected chi connectivity index (χ4v) is 2.04.